The van der Waals surface area contributed by atoms with E-state index in [1.807, 2.05) is 0 Å². The molecule has 0 aliphatic rings. The van der Waals surface area contributed by atoms with Gasteiger partial charge in [-0.1, -0.05) is 36.4 Å². The van der Waals surface area contributed by atoms with Crippen LogP contribution in [0.1, 0.15) is 23.5 Å². The van der Waals surface area contributed by atoms with Crippen LogP contribution in [0.25, 0.3) is 22.3 Å². The van der Waals surface area contributed by atoms with Crippen LogP contribution in [0.2, 0.25) is 0 Å². The molecule has 0 saturated heterocycles. The van der Waals surface area contributed by atoms with Crippen molar-refractivity contribution in [2.75, 3.05) is 20.8 Å². The zero-order chi connectivity index (χ0) is 28.3. The fourth-order valence-corrected chi connectivity index (χ4v) is 4.25. The molecule has 39 heavy (non-hydrogen) atoms. The van der Waals surface area contributed by atoms with Crippen molar-refractivity contribution in [1.29, 1.82) is 0 Å². The lowest BCUT2D eigenvalue weighted by Crippen LogP contribution is -2.20. The summed E-state index contributed by atoms with van der Waals surface area (Å²) in [6, 6.07) is 14.3. The molecule has 5 N–H and O–H groups in total. The molecular weight excluding hydrogens is 510 g/mol. The first kappa shape index (κ1) is 26.9. The molecule has 202 valence electrons. The van der Waals surface area contributed by atoms with E-state index in [9.17, 15) is 29.7 Å². The molecule has 1 aromatic heterocycles. The van der Waals surface area contributed by atoms with Gasteiger partial charge in [-0.25, -0.2) is 0 Å². The van der Waals surface area contributed by atoms with E-state index in [4.69, 9.17) is 24.4 Å². The molecule has 4 aromatic rings. The third kappa shape index (κ3) is 5.28. The van der Waals surface area contributed by atoms with Gasteiger partial charge in [0, 0.05) is 23.1 Å². The molecule has 11 nitrogen and oxygen atoms in total. The number of carbonyl (C=O) groups excluding carboxylic acids is 2. The number of esters is 1. The lowest BCUT2D eigenvalue weighted by Gasteiger charge is -2.22. The van der Waals surface area contributed by atoms with Gasteiger partial charge in [0.25, 0.3) is 5.91 Å². The van der Waals surface area contributed by atoms with Crippen molar-refractivity contribution < 1.29 is 43.5 Å². The van der Waals surface area contributed by atoms with Gasteiger partial charge in [0.2, 0.25) is 5.75 Å². The van der Waals surface area contributed by atoms with Gasteiger partial charge in [-0.05, 0) is 17.7 Å². The second-order valence-electron chi connectivity index (χ2n) is 8.50. The molecule has 0 aliphatic carbocycles. The largest absolute Gasteiger partial charge is 0.504 e. The van der Waals surface area contributed by atoms with Crippen LogP contribution in [-0.2, 0) is 14.3 Å². The summed E-state index contributed by atoms with van der Waals surface area (Å²) in [6.45, 7) is -0.467. The Balaban J connectivity index is 2.04. The third-order valence-electron chi connectivity index (χ3n) is 6.10. The molecule has 0 fully saturated rings. The first-order valence-electron chi connectivity index (χ1n) is 11.6. The van der Waals surface area contributed by atoms with Crippen molar-refractivity contribution in [1.82, 2.24) is 0 Å². The zero-order valence-electron chi connectivity index (χ0n) is 21.0. The number of phenols is 3. The number of methoxy groups -OCH3 is 2. The molecule has 0 saturated carbocycles. The standard InChI is InChI=1S/C28H25NO10/c1-36-18-9-8-15(10-20(18)38-13-21(29)31)16(11-22(32)37-2)23-25(33)27(35)26(34)24-17(30)12-19(39-28(23)24)14-6-4-3-5-7-14/h3-10,12,16,33-35H,11,13H2,1-2H3,(H2,29,31). The van der Waals surface area contributed by atoms with Crippen LogP contribution in [-0.4, -0.2) is 48.0 Å². The number of ether oxygens (including phenoxy) is 3. The number of nitrogens with two attached hydrogens (primary N) is 1. The fourth-order valence-electron chi connectivity index (χ4n) is 4.25. The molecule has 1 heterocycles. The van der Waals surface area contributed by atoms with Gasteiger partial charge in [0.05, 0.1) is 20.6 Å². The Hall–Kier alpha value is -5.19. The van der Waals surface area contributed by atoms with Gasteiger partial charge in [0.15, 0.2) is 35.0 Å². The SMILES string of the molecule is COC(=O)CC(c1ccc(OC)c(OCC(N)=O)c1)c1c(O)c(O)c(O)c2c(=O)cc(-c3ccccc3)oc12. The van der Waals surface area contributed by atoms with Crippen LogP contribution in [0.3, 0.4) is 0 Å². The number of hydrogen-bond acceptors (Lipinski definition) is 10. The van der Waals surface area contributed by atoms with Crippen molar-refractivity contribution in [3.05, 3.63) is 75.9 Å². The maximum Gasteiger partial charge on any atom is 0.306 e. The minimum Gasteiger partial charge on any atom is -0.504 e. The summed E-state index contributed by atoms with van der Waals surface area (Å²) in [5, 5.41) is 31.8. The molecule has 11 heteroatoms. The lowest BCUT2D eigenvalue weighted by molar-refractivity contribution is -0.140. The minimum absolute atomic E-state index is 0.0990. The van der Waals surface area contributed by atoms with Gasteiger partial charge in [0.1, 0.15) is 16.7 Å². The molecular formula is C28H25NO10. The summed E-state index contributed by atoms with van der Waals surface area (Å²) < 4.78 is 21.6. The Bertz CT molecular complexity index is 1610. The quantitative estimate of drug-likeness (QED) is 0.184. The molecule has 1 unspecified atom stereocenters. The Morgan fingerprint density at radius 3 is 2.31 bits per heavy atom. The molecule has 0 bridgehead atoms. The minimum atomic E-state index is -1.09. The van der Waals surface area contributed by atoms with Gasteiger partial charge >= 0.3 is 5.97 Å². The van der Waals surface area contributed by atoms with E-state index in [0.29, 0.717) is 11.1 Å². The van der Waals surface area contributed by atoms with Crippen molar-refractivity contribution in [2.24, 2.45) is 5.73 Å². The van der Waals surface area contributed by atoms with Crippen LogP contribution in [0, 0.1) is 0 Å². The maximum absolute atomic E-state index is 13.1. The first-order valence-corrected chi connectivity index (χ1v) is 11.6. The Kier molecular flexibility index (Phi) is 7.61. The second kappa shape index (κ2) is 11.1. The van der Waals surface area contributed by atoms with Crippen LogP contribution in [0.15, 0.2) is 63.8 Å². The van der Waals surface area contributed by atoms with Gasteiger partial charge in [-0.2, -0.15) is 0 Å². The highest BCUT2D eigenvalue weighted by Crippen LogP contribution is 2.50. The van der Waals surface area contributed by atoms with Gasteiger partial charge in [-0.15, -0.1) is 0 Å². The summed E-state index contributed by atoms with van der Waals surface area (Å²) in [5.74, 6) is -4.72. The molecule has 0 spiro atoms. The highest BCUT2D eigenvalue weighted by atomic mass is 16.5. The molecule has 1 amide bonds. The van der Waals surface area contributed by atoms with Crippen LogP contribution in [0.5, 0.6) is 28.7 Å². The molecule has 0 aliphatic heterocycles. The second-order valence-corrected chi connectivity index (χ2v) is 8.50. The molecule has 4 rings (SSSR count). The fraction of sp³-hybridized carbons (Fsp3) is 0.179. The van der Waals surface area contributed by atoms with E-state index in [2.05, 4.69) is 0 Å². The Morgan fingerprint density at radius 1 is 0.949 bits per heavy atom. The Morgan fingerprint density at radius 2 is 1.67 bits per heavy atom. The predicted octanol–water partition coefficient (Wildman–Crippen LogP) is 3.14. The van der Waals surface area contributed by atoms with E-state index in [1.54, 1.807) is 36.4 Å². The van der Waals surface area contributed by atoms with Crippen LogP contribution < -0.4 is 20.6 Å². The average Bonchev–Trinajstić information content (AvgIpc) is 2.94. The number of phenolic OH excluding ortho intramolecular Hbond substituents is 3. The van der Waals surface area contributed by atoms with E-state index in [1.165, 1.54) is 26.4 Å². The number of aromatic hydroxyl groups is 3. The van der Waals surface area contributed by atoms with E-state index in [0.717, 1.165) is 6.07 Å². The van der Waals surface area contributed by atoms with E-state index >= 15 is 0 Å². The topological polar surface area (TPSA) is 179 Å². The number of primary amides is 1. The highest BCUT2D eigenvalue weighted by molar-refractivity contribution is 5.93. The highest BCUT2D eigenvalue weighted by Gasteiger charge is 2.32. The molecule has 1 atom stereocenters. The summed E-state index contributed by atoms with van der Waals surface area (Å²) in [5.41, 5.74) is 4.96. The first-order chi connectivity index (χ1) is 18.7. The van der Waals surface area contributed by atoms with E-state index in [-0.39, 0.29) is 34.8 Å². The number of fused-ring (bicyclic) bond motifs is 1. The normalized spacial score (nSPS) is 11.6. The molecule has 0 radical (unpaired) electrons. The molecule has 3 aromatic carbocycles. The van der Waals surface area contributed by atoms with Crippen molar-refractivity contribution in [3.8, 4) is 40.1 Å². The number of rotatable bonds is 9. The van der Waals surface area contributed by atoms with E-state index < -0.39 is 52.5 Å². The van der Waals surface area contributed by atoms with Crippen LogP contribution in [0.4, 0.5) is 0 Å². The number of carbonyl (C=O) groups is 2. The lowest BCUT2D eigenvalue weighted by atomic mass is 9.86. The summed E-state index contributed by atoms with van der Waals surface area (Å²) in [6.07, 6.45) is -0.385. The Labute approximate surface area is 221 Å². The monoisotopic (exact) mass is 535 g/mol. The third-order valence-corrected chi connectivity index (χ3v) is 6.10. The predicted molar refractivity (Wildman–Crippen MR) is 139 cm³/mol. The van der Waals surface area contributed by atoms with Crippen molar-refractivity contribution in [2.45, 2.75) is 12.3 Å². The van der Waals surface area contributed by atoms with Crippen molar-refractivity contribution in [3.63, 3.8) is 0 Å². The summed E-state index contributed by atoms with van der Waals surface area (Å²) in [7, 11) is 2.56. The zero-order valence-corrected chi connectivity index (χ0v) is 21.0. The van der Waals surface area contributed by atoms with Crippen molar-refractivity contribution >= 4 is 22.8 Å². The number of benzene rings is 3. The summed E-state index contributed by atoms with van der Waals surface area (Å²) >= 11 is 0. The smallest absolute Gasteiger partial charge is 0.306 e. The maximum atomic E-state index is 13.1. The van der Waals surface area contributed by atoms with Gasteiger partial charge in [-0.3, -0.25) is 14.4 Å². The number of hydrogen-bond donors (Lipinski definition) is 4. The average molecular weight is 536 g/mol. The van der Waals surface area contributed by atoms with Gasteiger partial charge < -0.3 is 39.7 Å². The van der Waals surface area contributed by atoms with Crippen LogP contribution >= 0.6 is 0 Å². The summed E-state index contributed by atoms with van der Waals surface area (Å²) in [4.78, 5) is 37.0. The number of amides is 1.